The smallest absolute Gasteiger partial charge is 0.191 e. The standard InChI is InChI=1S/C20H25ClN6/c1-3-22-20(23-10-8-16-6-7-18(21)25-13-16)24-11-9-17-14-27-12-4-5-15(2)19(27)26-17/h4-7,12-14H,3,8-11H2,1-2H3,(H2,22,23,24). The summed E-state index contributed by atoms with van der Waals surface area (Å²) in [5.74, 6) is 0.819. The van der Waals surface area contributed by atoms with Crippen LogP contribution in [0.25, 0.3) is 5.65 Å². The third-order valence-corrected chi connectivity index (χ3v) is 4.43. The van der Waals surface area contributed by atoms with E-state index in [2.05, 4.69) is 51.1 Å². The second kappa shape index (κ2) is 9.37. The molecule has 3 heterocycles. The highest BCUT2D eigenvalue weighted by molar-refractivity contribution is 6.29. The molecular weight excluding hydrogens is 360 g/mol. The van der Waals surface area contributed by atoms with Crippen LogP contribution < -0.4 is 10.6 Å². The van der Waals surface area contributed by atoms with Gasteiger partial charge in [0.2, 0.25) is 0 Å². The molecule has 0 aliphatic heterocycles. The number of nitrogens with zero attached hydrogens (tertiary/aromatic N) is 4. The fraction of sp³-hybridized carbons (Fsp3) is 0.350. The predicted molar refractivity (Wildman–Crippen MR) is 111 cm³/mol. The third-order valence-electron chi connectivity index (χ3n) is 4.20. The van der Waals surface area contributed by atoms with E-state index < -0.39 is 0 Å². The molecule has 0 aromatic carbocycles. The van der Waals surface area contributed by atoms with Gasteiger partial charge >= 0.3 is 0 Å². The molecule has 0 saturated heterocycles. The number of rotatable bonds is 7. The zero-order chi connectivity index (χ0) is 19.1. The molecule has 3 aromatic heterocycles. The highest BCUT2D eigenvalue weighted by Crippen LogP contribution is 2.10. The minimum absolute atomic E-state index is 0.517. The number of aryl methyl sites for hydroxylation is 1. The van der Waals surface area contributed by atoms with Crippen LogP contribution in [0.4, 0.5) is 0 Å². The van der Waals surface area contributed by atoms with Gasteiger partial charge in [0.25, 0.3) is 0 Å². The van der Waals surface area contributed by atoms with Crippen LogP contribution in [-0.2, 0) is 12.8 Å². The van der Waals surface area contributed by atoms with E-state index >= 15 is 0 Å². The van der Waals surface area contributed by atoms with Crippen LogP contribution in [0.15, 0.2) is 47.8 Å². The number of hydrogen-bond acceptors (Lipinski definition) is 3. The lowest BCUT2D eigenvalue weighted by Crippen LogP contribution is -2.38. The molecule has 3 rings (SSSR count). The van der Waals surface area contributed by atoms with Crippen molar-refractivity contribution < 1.29 is 0 Å². The average Bonchev–Trinajstić information content (AvgIpc) is 3.08. The number of halogens is 1. The normalized spacial score (nSPS) is 11.7. The molecule has 0 bridgehead atoms. The molecule has 0 amide bonds. The van der Waals surface area contributed by atoms with Gasteiger partial charge in [0.15, 0.2) is 5.96 Å². The molecule has 0 saturated carbocycles. The number of nitrogens with one attached hydrogen (secondary N) is 2. The van der Waals surface area contributed by atoms with Crippen LogP contribution >= 0.6 is 11.6 Å². The highest BCUT2D eigenvalue weighted by Gasteiger charge is 2.04. The average molecular weight is 385 g/mol. The zero-order valence-corrected chi connectivity index (χ0v) is 16.5. The number of imidazole rings is 1. The van der Waals surface area contributed by atoms with Crippen molar-refractivity contribution in [2.24, 2.45) is 4.99 Å². The Kier molecular flexibility index (Phi) is 6.65. The SMILES string of the molecule is CCNC(=NCCc1cn2cccc(C)c2n1)NCCc1ccc(Cl)nc1. The lowest BCUT2D eigenvalue weighted by molar-refractivity contribution is 0.793. The van der Waals surface area contributed by atoms with Gasteiger partial charge in [0.05, 0.1) is 5.69 Å². The van der Waals surface area contributed by atoms with Crippen molar-refractivity contribution in [2.45, 2.75) is 26.7 Å². The van der Waals surface area contributed by atoms with Crippen LogP contribution in [0.3, 0.4) is 0 Å². The molecule has 27 heavy (non-hydrogen) atoms. The molecule has 0 aliphatic rings. The fourth-order valence-electron chi connectivity index (χ4n) is 2.83. The van der Waals surface area contributed by atoms with Crippen LogP contribution in [0.1, 0.15) is 23.7 Å². The van der Waals surface area contributed by atoms with Crippen LogP contribution in [0.2, 0.25) is 5.15 Å². The van der Waals surface area contributed by atoms with Gasteiger partial charge in [-0.1, -0.05) is 23.7 Å². The summed E-state index contributed by atoms with van der Waals surface area (Å²) < 4.78 is 2.07. The Bertz CT molecular complexity index is 900. The highest BCUT2D eigenvalue weighted by atomic mass is 35.5. The van der Waals surface area contributed by atoms with E-state index in [1.54, 1.807) is 6.20 Å². The van der Waals surface area contributed by atoms with Crippen LogP contribution in [0.5, 0.6) is 0 Å². The van der Waals surface area contributed by atoms with Crippen molar-refractivity contribution in [3.05, 3.63) is 64.8 Å². The van der Waals surface area contributed by atoms with E-state index in [9.17, 15) is 0 Å². The van der Waals surface area contributed by atoms with E-state index in [4.69, 9.17) is 16.6 Å². The van der Waals surface area contributed by atoms with Crippen molar-refractivity contribution in [1.82, 2.24) is 25.0 Å². The summed E-state index contributed by atoms with van der Waals surface area (Å²) in [6.45, 7) is 6.42. The molecule has 3 aromatic rings. The summed E-state index contributed by atoms with van der Waals surface area (Å²) in [4.78, 5) is 13.5. The second-order valence-corrected chi connectivity index (χ2v) is 6.72. The minimum atomic E-state index is 0.517. The van der Waals surface area contributed by atoms with Crippen molar-refractivity contribution in [3.8, 4) is 0 Å². The lowest BCUT2D eigenvalue weighted by Gasteiger charge is -2.11. The molecule has 7 heteroatoms. The van der Waals surface area contributed by atoms with Gasteiger partial charge in [-0.3, -0.25) is 4.99 Å². The first-order valence-electron chi connectivity index (χ1n) is 9.21. The molecule has 6 nitrogen and oxygen atoms in total. The van der Waals surface area contributed by atoms with E-state index in [1.165, 1.54) is 5.56 Å². The van der Waals surface area contributed by atoms with Crippen molar-refractivity contribution in [1.29, 1.82) is 0 Å². The fourth-order valence-corrected chi connectivity index (χ4v) is 2.94. The van der Waals surface area contributed by atoms with Crippen molar-refractivity contribution >= 4 is 23.2 Å². The third kappa shape index (κ3) is 5.44. The summed E-state index contributed by atoms with van der Waals surface area (Å²) >= 11 is 5.82. The first-order chi connectivity index (χ1) is 13.2. The van der Waals surface area contributed by atoms with Gasteiger partial charge in [-0.25, -0.2) is 9.97 Å². The maximum atomic E-state index is 5.82. The van der Waals surface area contributed by atoms with Gasteiger partial charge < -0.3 is 15.0 Å². The molecule has 0 spiro atoms. The van der Waals surface area contributed by atoms with Gasteiger partial charge in [0.1, 0.15) is 10.8 Å². The predicted octanol–water partition coefficient (Wildman–Crippen LogP) is 3.03. The van der Waals surface area contributed by atoms with Crippen LogP contribution in [0, 0.1) is 6.92 Å². The lowest BCUT2D eigenvalue weighted by atomic mass is 10.2. The largest absolute Gasteiger partial charge is 0.357 e. The van der Waals surface area contributed by atoms with Gasteiger partial charge in [-0.05, 0) is 43.5 Å². The summed E-state index contributed by atoms with van der Waals surface area (Å²) in [6.07, 6.45) is 7.57. The zero-order valence-electron chi connectivity index (χ0n) is 15.7. The summed E-state index contributed by atoms with van der Waals surface area (Å²) in [5, 5.41) is 7.15. The molecular formula is C20H25ClN6. The van der Waals surface area contributed by atoms with Crippen LogP contribution in [-0.4, -0.2) is 40.0 Å². The molecule has 0 aliphatic carbocycles. The van der Waals surface area contributed by atoms with E-state index in [1.807, 2.05) is 24.4 Å². The number of aromatic nitrogens is 3. The van der Waals surface area contributed by atoms with Crippen molar-refractivity contribution in [2.75, 3.05) is 19.6 Å². The first-order valence-corrected chi connectivity index (χ1v) is 9.59. The molecule has 2 N–H and O–H groups in total. The Hall–Kier alpha value is -2.60. The maximum Gasteiger partial charge on any atom is 0.191 e. The number of fused-ring (bicyclic) bond motifs is 1. The molecule has 0 unspecified atom stereocenters. The topological polar surface area (TPSA) is 66.6 Å². The Balaban J connectivity index is 1.53. The molecule has 0 fully saturated rings. The summed E-state index contributed by atoms with van der Waals surface area (Å²) in [7, 11) is 0. The van der Waals surface area contributed by atoms with E-state index in [-0.39, 0.29) is 0 Å². The number of aliphatic imine (C=N–C) groups is 1. The minimum Gasteiger partial charge on any atom is -0.357 e. The Morgan fingerprint density at radius 1 is 1.22 bits per heavy atom. The monoisotopic (exact) mass is 384 g/mol. The number of pyridine rings is 2. The Morgan fingerprint density at radius 2 is 2.11 bits per heavy atom. The Labute approximate surface area is 164 Å². The molecule has 0 atom stereocenters. The Morgan fingerprint density at radius 3 is 2.85 bits per heavy atom. The molecule has 0 radical (unpaired) electrons. The number of guanidine groups is 1. The second-order valence-electron chi connectivity index (χ2n) is 6.33. The van der Waals surface area contributed by atoms with Gasteiger partial charge in [0, 0.05) is 44.6 Å². The summed E-state index contributed by atoms with van der Waals surface area (Å²) in [5.41, 5.74) is 4.39. The quantitative estimate of drug-likeness (QED) is 0.373. The maximum absolute atomic E-state index is 5.82. The van der Waals surface area contributed by atoms with Gasteiger partial charge in [-0.2, -0.15) is 0 Å². The van der Waals surface area contributed by atoms with E-state index in [0.717, 1.165) is 48.8 Å². The summed E-state index contributed by atoms with van der Waals surface area (Å²) in [6, 6.07) is 7.92. The molecule has 142 valence electrons. The number of hydrogen-bond donors (Lipinski definition) is 2. The van der Waals surface area contributed by atoms with Gasteiger partial charge in [-0.15, -0.1) is 0 Å². The van der Waals surface area contributed by atoms with Crippen molar-refractivity contribution in [3.63, 3.8) is 0 Å². The van der Waals surface area contributed by atoms with E-state index in [0.29, 0.717) is 11.7 Å². The first kappa shape index (κ1) is 19.2.